The van der Waals surface area contributed by atoms with Gasteiger partial charge in [-0.1, -0.05) is 24.3 Å². The first-order chi connectivity index (χ1) is 7.75. The Morgan fingerprint density at radius 3 is 2.11 bits per heavy atom. The Labute approximate surface area is 119 Å². The lowest BCUT2D eigenvalue weighted by Gasteiger charge is -2.27. The Bertz CT molecular complexity index is 327. The van der Waals surface area contributed by atoms with Gasteiger partial charge in [-0.2, -0.15) is 0 Å². The number of alkyl halides is 2. The Balaban J connectivity index is 0.00000144. The number of hydrogen-bond donors (Lipinski definition) is 1. The van der Waals surface area contributed by atoms with Gasteiger partial charge in [-0.25, -0.2) is 8.78 Å². The topological polar surface area (TPSA) is 15.3 Å². The normalized spacial score (nSPS) is 15.9. The molecule has 1 saturated heterocycles. The number of halogens is 4. The predicted octanol–water partition coefficient (Wildman–Crippen LogP) is 2.87. The van der Waals surface area contributed by atoms with E-state index in [1.54, 1.807) is 12.1 Å². The zero-order valence-corrected chi connectivity index (χ0v) is 11.6. The number of nitrogens with one attached hydrogen (secondary N) is 1. The van der Waals surface area contributed by atoms with E-state index in [1.165, 1.54) is 12.1 Å². The van der Waals surface area contributed by atoms with Crippen LogP contribution < -0.4 is 5.32 Å². The Morgan fingerprint density at radius 1 is 1.06 bits per heavy atom. The molecule has 1 heterocycles. The molecule has 2 nitrogen and oxygen atoms in total. The zero-order valence-electron chi connectivity index (χ0n) is 9.94. The van der Waals surface area contributed by atoms with E-state index in [4.69, 9.17) is 0 Å². The molecule has 0 bridgehead atoms. The molecule has 1 N–H and O–H groups in total. The van der Waals surface area contributed by atoms with Gasteiger partial charge in [0.2, 0.25) is 0 Å². The van der Waals surface area contributed by atoms with Crippen molar-refractivity contribution in [2.75, 3.05) is 26.2 Å². The number of rotatable bonds is 3. The zero-order chi connectivity index (χ0) is 11.4. The lowest BCUT2D eigenvalue weighted by molar-refractivity contribution is 0.151. The molecule has 0 unspecified atom stereocenters. The third-order valence-corrected chi connectivity index (χ3v) is 2.85. The van der Waals surface area contributed by atoms with E-state index < -0.39 is 6.43 Å². The van der Waals surface area contributed by atoms with E-state index in [9.17, 15) is 8.78 Å². The van der Waals surface area contributed by atoms with Crippen molar-refractivity contribution in [1.29, 1.82) is 0 Å². The third kappa shape index (κ3) is 5.06. The molecule has 104 valence electrons. The fourth-order valence-electron chi connectivity index (χ4n) is 1.90. The fourth-order valence-corrected chi connectivity index (χ4v) is 1.90. The molecule has 18 heavy (non-hydrogen) atoms. The molecular weight excluding hydrogens is 281 g/mol. The van der Waals surface area contributed by atoms with E-state index in [1.807, 2.05) is 0 Å². The maximum Gasteiger partial charge on any atom is 0.263 e. The second-order valence-corrected chi connectivity index (χ2v) is 4.07. The molecule has 1 aromatic rings. The van der Waals surface area contributed by atoms with E-state index in [0.717, 1.165) is 38.3 Å². The molecule has 0 saturated carbocycles. The summed E-state index contributed by atoms with van der Waals surface area (Å²) < 4.78 is 24.7. The minimum absolute atomic E-state index is 0. The molecule has 0 radical (unpaired) electrons. The molecule has 1 aliphatic rings. The molecule has 0 spiro atoms. The number of hydrogen-bond acceptors (Lipinski definition) is 2. The van der Waals surface area contributed by atoms with E-state index in [2.05, 4.69) is 10.2 Å². The lowest BCUT2D eigenvalue weighted by atomic mass is 10.1. The molecule has 0 aromatic heterocycles. The van der Waals surface area contributed by atoms with Crippen LogP contribution in [0.15, 0.2) is 24.3 Å². The summed E-state index contributed by atoms with van der Waals surface area (Å²) in [6.45, 7) is 4.92. The van der Waals surface area contributed by atoms with Crippen LogP contribution in [0.25, 0.3) is 0 Å². The van der Waals surface area contributed by atoms with Gasteiger partial charge in [-0.15, -0.1) is 24.8 Å². The van der Waals surface area contributed by atoms with Crippen LogP contribution in [-0.2, 0) is 6.54 Å². The van der Waals surface area contributed by atoms with Crippen molar-refractivity contribution in [1.82, 2.24) is 10.2 Å². The summed E-state index contributed by atoms with van der Waals surface area (Å²) in [7, 11) is 0. The average molecular weight is 299 g/mol. The van der Waals surface area contributed by atoms with Gasteiger partial charge in [0.1, 0.15) is 0 Å². The van der Waals surface area contributed by atoms with Crippen LogP contribution in [0, 0.1) is 0 Å². The SMILES string of the molecule is Cl.Cl.FC(F)c1ccc(CN2CCNCC2)cc1. The van der Waals surface area contributed by atoms with Gasteiger partial charge in [0, 0.05) is 38.3 Å². The molecule has 1 fully saturated rings. The first kappa shape index (κ1) is 17.6. The molecule has 1 aliphatic heterocycles. The maximum absolute atomic E-state index is 12.3. The van der Waals surface area contributed by atoms with Gasteiger partial charge in [-0.3, -0.25) is 4.90 Å². The van der Waals surface area contributed by atoms with Gasteiger partial charge >= 0.3 is 0 Å². The highest BCUT2D eigenvalue weighted by Gasteiger charge is 2.10. The van der Waals surface area contributed by atoms with Crippen molar-refractivity contribution < 1.29 is 8.78 Å². The average Bonchev–Trinajstić information content (AvgIpc) is 2.31. The quantitative estimate of drug-likeness (QED) is 0.923. The standard InChI is InChI=1S/C12H16F2N2.2ClH/c13-12(14)11-3-1-10(2-4-11)9-16-7-5-15-6-8-16;;/h1-4,12,15H,5-9H2;2*1H. The highest BCUT2D eigenvalue weighted by atomic mass is 35.5. The van der Waals surface area contributed by atoms with E-state index in [-0.39, 0.29) is 30.4 Å². The second-order valence-electron chi connectivity index (χ2n) is 4.07. The monoisotopic (exact) mass is 298 g/mol. The largest absolute Gasteiger partial charge is 0.314 e. The van der Waals surface area contributed by atoms with Crippen molar-refractivity contribution >= 4 is 24.8 Å². The van der Waals surface area contributed by atoms with Crippen LogP contribution in [0.5, 0.6) is 0 Å². The fraction of sp³-hybridized carbons (Fsp3) is 0.500. The maximum atomic E-state index is 12.3. The molecule has 0 amide bonds. The van der Waals surface area contributed by atoms with Crippen molar-refractivity contribution in [3.05, 3.63) is 35.4 Å². The van der Waals surface area contributed by atoms with Crippen LogP contribution in [-0.4, -0.2) is 31.1 Å². The van der Waals surface area contributed by atoms with Crippen LogP contribution >= 0.6 is 24.8 Å². The summed E-state index contributed by atoms with van der Waals surface area (Å²) in [5.74, 6) is 0. The van der Waals surface area contributed by atoms with Gasteiger partial charge in [-0.05, 0) is 5.56 Å². The minimum Gasteiger partial charge on any atom is -0.314 e. The second kappa shape index (κ2) is 8.64. The summed E-state index contributed by atoms with van der Waals surface area (Å²) in [4.78, 5) is 2.33. The Morgan fingerprint density at radius 2 is 1.61 bits per heavy atom. The highest BCUT2D eigenvalue weighted by Crippen LogP contribution is 2.19. The van der Waals surface area contributed by atoms with E-state index >= 15 is 0 Å². The van der Waals surface area contributed by atoms with Crippen LogP contribution in [0.3, 0.4) is 0 Å². The Kier molecular flexibility index (Phi) is 8.44. The predicted molar refractivity (Wildman–Crippen MR) is 74.0 cm³/mol. The summed E-state index contributed by atoms with van der Waals surface area (Å²) in [6.07, 6.45) is -2.37. The number of benzene rings is 1. The van der Waals surface area contributed by atoms with Gasteiger partial charge < -0.3 is 5.32 Å². The van der Waals surface area contributed by atoms with Crippen molar-refractivity contribution in [3.8, 4) is 0 Å². The van der Waals surface area contributed by atoms with Gasteiger partial charge in [0.05, 0.1) is 0 Å². The van der Waals surface area contributed by atoms with Crippen molar-refractivity contribution in [2.24, 2.45) is 0 Å². The molecule has 2 rings (SSSR count). The van der Waals surface area contributed by atoms with Crippen molar-refractivity contribution in [3.63, 3.8) is 0 Å². The number of nitrogens with zero attached hydrogens (tertiary/aromatic N) is 1. The summed E-state index contributed by atoms with van der Waals surface area (Å²) in [6, 6.07) is 6.62. The smallest absolute Gasteiger partial charge is 0.263 e. The summed E-state index contributed by atoms with van der Waals surface area (Å²) in [5, 5.41) is 3.28. The highest BCUT2D eigenvalue weighted by molar-refractivity contribution is 5.85. The lowest BCUT2D eigenvalue weighted by Crippen LogP contribution is -2.42. The molecule has 0 atom stereocenters. The Hall–Kier alpha value is -0.420. The first-order valence-electron chi connectivity index (χ1n) is 5.56. The van der Waals surface area contributed by atoms with E-state index in [0.29, 0.717) is 0 Å². The van der Waals surface area contributed by atoms with Gasteiger partial charge in [0.15, 0.2) is 0 Å². The van der Waals surface area contributed by atoms with Crippen LogP contribution in [0.2, 0.25) is 0 Å². The van der Waals surface area contributed by atoms with Crippen LogP contribution in [0.4, 0.5) is 8.78 Å². The molecule has 0 aliphatic carbocycles. The molecule has 6 heteroatoms. The van der Waals surface area contributed by atoms with Crippen LogP contribution in [0.1, 0.15) is 17.6 Å². The number of piperazine rings is 1. The minimum atomic E-state index is -2.37. The molecule has 1 aromatic carbocycles. The molecular formula is C12H18Cl2F2N2. The summed E-state index contributed by atoms with van der Waals surface area (Å²) >= 11 is 0. The third-order valence-electron chi connectivity index (χ3n) is 2.85. The van der Waals surface area contributed by atoms with Crippen molar-refractivity contribution in [2.45, 2.75) is 13.0 Å². The van der Waals surface area contributed by atoms with Gasteiger partial charge in [0.25, 0.3) is 6.43 Å². The first-order valence-corrected chi connectivity index (χ1v) is 5.56. The summed E-state index contributed by atoms with van der Waals surface area (Å²) in [5.41, 5.74) is 1.20.